The summed E-state index contributed by atoms with van der Waals surface area (Å²) in [5.74, 6) is -0.761. The quantitative estimate of drug-likeness (QED) is 0.641. The number of amides is 2. The van der Waals surface area contributed by atoms with Gasteiger partial charge in [0.25, 0.3) is 11.6 Å². The van der Waals surface area contributed by atoms with Crippen molar-refractivity contribution in [3.63, 3.8) is 0 Å². The first-order valence-corrected chi connectivity index (χ1v) is 8.45. The van der Waals surface area contributed by atoms with Crippen LogP contribution in [0.4, 0.5) is 5.69 Å². The molecule has 2 amide bonds. The van der Waals surface area contributed by atoms with E-state index in [0.29, 0.717) is 11.4 Å². The third kappa shape index (κ3) is 3.92. The van der Waals surface area contributed by atoms with Gasteiger partial charge in [0.05, 0.1) is 10.6 Å². The molecule has 1 aliphatic carbocycles. The lowest BCUT2D eigenvalue weighted by Gasteiger charge is -2.34. The number of nitro benzene ring substituents is 1. The summed E-state index contributed by atoms with van der Waals surface area (Å²) in [6, 6.07) is 5.27. The minimum atomic E-state index is -0.527. The topological polar surface area (TPSA) is 102 Å². The molecule has 3 rings (SSSR count). The van der Waals surface area contributed by atoms with E-state index in [9.17, 15) is 19.7 Å². The lowest BCUT2D eigenvalue weighted by atomic mass is 9.74. The minimum absolute atomic E-state index is 0.0591. The van der Waals surface area contributed by atoms with E-state index in [4.69, 9.17) is 0 Å². The highest BCUT2D eigenvalue weighted by Gasteiger charge is 2.32. The highest BCUT2D eigenvalue weighted by molar-refractivity contribution is 6.14. The van der Waals surface area contributed by atoms with Crippen molar-refractivity contribution in [3.05, 3.63) is 75.5 Å². The van der Waals surface area contributed by atoms with E-state index in [1.54, 1.807) is 18.2 Å². The minimum Gasteiger partial charge on any atom is -0.325 e. The molecular weight excluding hydrogens is 346 g/mol. The fourth-order valence-corrected chi connectivity index (χ4v) is 3.05. The van der Waals surface area contributed by atoms with Gasteiger partial charge in [0.1, 0.15) is 0 Å². The van der Waals surface area contributed by atoms with Crippen LogP contribution in [-0.4, -0.2) is 22.4 Å². The Morgan fingerprint density at radius 2 is 1.85 bits per heavy atom. The number of aliphatic imine (C=N–C) groups is 1. The second-order valence-electron chi connectivity index (χ2n) is 7.42. The standard InChI is InChI=1S/C20H19N3O4/c1-20(2,3)16-11-18(24)22-17-10-13(6-9-15(16)17)21-19(25)12-4-7-14(8-5-12)23(26)27/h4-11,15H,1-3H3,(H,22,24). The molecule has 0 saturated heterocycles. The Hall–Kier alpha value is -3.35. The highest BCUT2D eigenvalue weighted by Crippen LogP contribution is 2.38. The predicted molar refractivity (Wildman–Crippen MR) is 101 cm³/mol. The number of benzene rings is 1. The zero-order chi connectivity index (χ0) is 19.8. The van der Waals surface area contributed by atoms with E-state index in [-0.39, 0.29) is 28.5 Å². The molecule has 1 aliphatic heterocycles. The lowest BCUT2D eigenvalue weighted by molar-refractivity contribution is -0.384. The average molecular weight is 365 g/mol. The van der Waals surface area contributed by atoms with Crippen LogP contribution >= 0.6 is 0 Å². The molecule has 1 unspecified atom stereocenters. The molecule has 7 nitrogen and oxygen atoms in total. The van der Waals surface area contributed by atoms with Gasteiger partial charge in [-0.2, -0.15) is 0 Å². The van der Waals surface area contributed by atoms with Gasteiger partial charge in [0.2, 0.25) is 5.91 Å². The Morgan fingerprint density at radius 1 is 1.19 bits per heavy atom. The Bertz CT molecular complexity index is 944. The fraction of sp³-hybridized carbons (Fsp3) is 0.250. The average Bonchev–Trinajstić information content (AvgIpc) is 2.60. The smallest absolute Gasteiger partial charge is 0.277 e. The summed E-state index contributed by atoms with van der Waals surface area (Å²) in [5.41, 5.74) is 2.09. The van der Waals surface area contributed by atoms with Crippen LogP contribution in [0.5, 0.6) is 0 Å². The largest absolute Gasteiger partial charge is 0.325 e. The molecule has 1 N–H and O–H groups in total. The molecule has 0 fully saturated rings. The predicted octanol–water partition coefficient (Wildman–Crippen LogP) is 3.35. The summed E-state index contributed by atoms with van der Waals surface area (Å²) >= 11 is 0. The van der Waals surface area contributed by atoms with Crippen molar-refractivity contribution in [2.45, 2.75) is 20.8 Å². The van der Waals surface area contributed by atoms with Gasteiger partial charge >= 0.3 is 0 Å². The van der Waals surface area contributed by atoms with Crippen LogP contribution < -0.4 is 5.32 Å². The second kappa shape index (κ2) is 6.75. The van der Waals surface area contributed by atoms with E-state index < -0.39 is 10.8 Å². The molecule has 7 heteroatoms. The second-order valence-corrected chi connectivity index (χ2v) is 7.42. The zero-order valence-electron chi connectivity index (χ0n) is 15.2. The van der Waals surface area contributed by atoms with E-state index in [0.717, 1.165) is 5.57 Å². The summed E-state index contributed by atoms with van der Waals surface area (Å²) in [4.78, 5) is 38.5. The van der Waals surface area contributed by atoms with E-state index >= 15 is 0 Å². The van der Waals surface area contributed by atoms with Crippen molar-refractivity contribution in [2.24, 2.45) is 16.3 Å². The van der Waals surface area contributed by atoms with Gasteiger partial charge in [-0.15, -0.1) is 0 Å². The number of hydrogen-bond acceptors (Lipinski definition) is 4. The number of hydrogen-bond donors (Lipinski definition) is 1. The number of carbonyl (C=O) groups excluding carboxylic acids is 2. The number of nitro groups is 1. The van der Waals surface area contributed by atoms with Crippen LogP contribution in [0.15, 0.2) is 64.8 Å². The molecule has 1 atom stereocenters. The number of nitrogens with one attached hydrogen (secondary N) is 1. The Labute approximate surface area is 156 Å². The van der Waals surface area contributed by atoms with Crippen LogP contribution in [0.25, 0.3) is 0 Å². The van der Waals surface area contributed by atoms with Gasteiger partial charge in [-0.1, -0.05) is 26.8 Å². The maximum atomic E-state index is 12.3. The van der Waals surface area contributed by atoms with Crippen molar-refractivity contribution < 1.29 is 14.5 Å². The van der Waals surface area contributed by atoms with Crippen LogP contribution in [-0.2, 0) is 4.79 Å². The summed E-state index contributed by atoms with van der Waals surface area (Å²) in [7, 11) is 0. The maximum absolute atomic E-state index is 12.3. The molecule has 0 bridgehead atoms. The first kappa shape index (κ1) is 18.4. The summed E-state index contributed by atoms with van der Waals surface area (Å²) in [5, 5.41) is 13.5. The van der Waals surface area contributed by atoms with Crippen molar-refractivity contribution >= 4 is 23.2 Å². The van der Waals surface area contributed by atoms with Gasteiger partial charge in [-0.3, -0.25) is 19.7 Å². The molecule has 138 valence electrons. The third-order valence-corrected chi connectivity index (χ3v) is 4.41. The SMILES string of the molecule is CC(C)(C)C1=CC(=O)NC2=CC(=NC(=O)c3ccc([N+](=O)[O-])cc3)C=CC21. The molecule has 1 heterocycles. The molecular formula is C20H19N3O4. The van der Waals surface area contributed by atoms with Crippen LogP contribution in [0.2, 0.25) is 0 Å². The van der Waals surface area contributed by atoms with Crippen molar-refractivity contribution in [2.75, 3.05) is 0 Å². The molecule has 27 heavy (non-hydrogen) atoms. The number of non-ortho nitro benzene ring substituents is 1. The Morgan fingerprint density at radius 3 is 2.44 bits per heavy atom. The number of nitrogens with zero attached hydrogens (tertiary/aromatic N) is 2. The molecule has 2 aliphatic rings. The number of rotatable bonds is 2. The fourth-order valence-electron chi connectivity index (χ4n) is 3.05. The monoisotopic (exact) mass is 365 g/mol. The Kier molecular flexibility index (Phi) is 4.61. The molecule has 0 spiro atoms. The van der Waals surface area contributed by atoms with Crippen molar-refractivity contribution in [3.8, 4) is 0 Å². The third-order valence-electron chi connectivity index (χ3n) is 4.41. The Balaban J connectivity index is 1.86. The lowest BCUT2D eigenvalue weighted by Crippen LogP contribution is -2.36. The molecule has 0 aromatic heterocycles. The van der Waals surface area contributed by atoms with E-state index in [1.807, 2.05) is 26.8 Å². The van der Waals surface area contributed by atoms with Crippen LogP contribution in [0.1, 0.15) is 31.1 Å². The molecule has 0 radical (unpaired) electrons. The summed E-state index contributed by atoms with van der Waals surface area (Å²) in [6.07, 6.45) is 6.96. The number of fused-ring (bicyclic) bond motifs is 1. The van der Waals surface area contributed by atoms with E-state index in [2.05, 4.69) is 10.3 Å². The van der Waals surface area contributed by atoms with Crippen LogP contribution in [0.3, 0.4) is 0 Å². The van der Waals surface area contributed by atoms with Gasteiger partial charge in [0.15, 0.2) is 0 Å². The van der Waals surface area contributed by atoms with Crippen molar-refractivity contribution in [1.29, 1.82) is 0 Å². The molecule has 0 saturated carbocycles. The zero-order valence-corrected chi connectivity index (χ0v) is 15.2. The van der Waals surface area contributed by atoms with Gasteiger partial charge < -0.3 is 5.32 Å². The highest BCUT2D eigenvalue weighted by atomic mass is 16.6. The first-order valence-electron chi connectivity index (χ1n) is 8.45. The first-order chi connectivity index (χ1) is 12.6. The van der Waals surface area contributed by atoms with Crippen molar-refractivity contribution in [1.82, 2.24) is 5.32 Å². The van der Waals surface area contributed by atoms with E-state index in [1.165, 1.54) is 24.3 Å². The normalized spacial score (nSPS) is 20.5. The summed E-state index contributed by atoms with van der Waals surface area (Å²) in [6.45, 7) is 6.14. The number of carbonyl (C=O) groups is 2. The molecule has 1 aromatic carbocycles. The molecule has 1 aromatic rings. The van der Waals surface area contributed by atoms with Crippen LogP contribution in [0, 0.1) is 21.4 Å². The van der Waals surface area contributed by atoms with Gasteiger partial charge in [0, 0.05) is 35.4 Å². The van der Waals surface area contributed by atoms with Gasteiger partial charge in [-0.05, 0) is 35.3 Å². The maximum Gasteiger partial charge on any atom is 0.277 e. The van der Waals surface area contributed by atoms with Gasteiger partial charge in [-0.25, -0.2) is 4.99 Å². The summed E-state index contributed by atoms with van der Waals surface area (Å²) < 4.78 is 0. The number of allylic oxidation sites excluding steroid dienone is 3.